The smallest absolute Gasteiger partial charge is 0.251 e. The fourth-order valence-electron chi connectivity index (χ4n) is 4.26. The Kier molecular flexibility index (Phi) is 6.88. The molecule has 10 heteroatoms. The van der Waals surface area contributed by atoms with Gasteiger partial charge in [0.05, 0.1) is 33.7 Å². The van der Waals surface area contributed by atoms with Crippen LogP contribution in [0.25, 0.3) is 38.9 Å². The zero-order valence-corrected chi connectivity index (χ0v) is 21.3. The van der Waals surface area contributed by atoms with Crippen LogP contribution in [0.1, 0.15) is 31.1 Å². The lowest BCUT2D eigenvalue weighted by Crippen LogP contribution is -2.42. The molecule has 0 spiro atoms. The van der Waals surface area contributed by atoms with Crippen molar-refractivity contribution in [1.82, 2.24) is 40.0 Å². The Bertz CT molecular complexity index is 1450. The maximum atomic E-state index is 13.2. The van der Waals surface area contributed by atoms with Crippen molar-refractivity contribution in [2.24, 2.45) is 0 Å². The van der Waals surface area contributed by atoms with Crippen LogP contribution in [0.2, 0.25) is 0 Å². The Morgan fingerprint density at radius 2 is 1.94 bits per heavy atom. The average molecular weight is 501 g/mol. The molecule has 36 heavy (non-hydrogen) atoms. The second kappa shape index (κ2) is 10.4. The fraction of sp³-hybridized carbons (Fsp3) is 0.269. The topological polar surface area (TPSA) is 104 Å². The SMILES string of the molecule is CCN(CC)[C@@H](C)CNC(=O)c1cc(-c2cc[nH]n2)nc(-c2cnn3ccc(-c4cccs4)nc23)c1. The number of thiophene rings is 1. The third kappa shape index (κ3) is 4.77. The van der Waals surface area contributed by atoms with Gasteiger partial charge in [0.25, 0.3) is 5.91 Å². The van der Waals surface area contributed by atoms with Crippen LogP contribution in [0.5, 0.6) is 0 Å². The Morgan fingerprint density at radius 3 is 2.67 bits per heavy atom. The minimum Gasteiger partial charge on any atom is -0.350 e. The molecule has 1 atom stereocenters. The highest BCUT2D eigenvalue weighted by atomic mass is 32.1. The summed E-state index contributed by atoms with van der Waals surface area (Å²) in [6, 6.07) is 11.6. The molecule has 0 bridgehead atoms. The van der Waals surface area contributed by atoms with E-state index in [2.05, 4.69) is 46.3 Å². The first-order valence-corrected chi connectivity index (χ1v) is 12.9. The fourth-order valence-corrected chi connectivity index (χ4v) is 4.96. The summed E-state index contributed by atoms with van der Waals surface area (Å²) in [5.41, 5.74) is 4.67. The predicted molar refractivity (Wildman–Crippen MR) is 142 cm³/mol. The van der Waals surface area contributed by atoms with Crippen LogP contribution in [0.4, 0.5) is 0 Å². The zero-order chi connectivity index (χ0) is 25.1. The van der Waals surface area contributed by atoms with Crippen molar-refractivity contribution in [1.29, 1.82) is 0 Å². The first-order chi connectivity index (χ1) is 17.6. The molecule has 5 aromatic heterocycles. The van der Waals surface area contributed by atoms with Gasteiger partial charge in [0.15, 0.2) is 5.65 Å². The first-order valence-electron chi connectivity index (χ1n) is 12.0. The molecule has 2 N–H and O–H groups in total. The highest BCUT2D eigenvalue weighted by molar-refractivity contribution is 7.13. The molecule has 5 aromatic rings. The van der Waals surface area contributed by atoms with Crippen molar-refractivity contribution < 1.29 is 4.79 Å². The lowest BCUT2D eigenvalue weighted by Gasteiger charge is -2.26. The Hall–Kier alpha value is -3.89. The van der Waals surface area contributed by atoms with Crippen molar-refractivity contribution in [2.45, 2.75) is 26.8 Å². The van der Waals surface area contributed by atoms with Crippen molar-refractivity contribution >= 4 is 22.9 Å². The number of hydrogen-bond donors (Lipinski definition) is 2. The number of carbonyl (C=O) groups excluding carboxylic acids is 1. The van der Waals surface area contributed by atoms with Gasteiger partial charge >= 0.3 is 0 Å². The molecule has 0 unspecified atom stereocenters. The molecular weight excluding hydrogens is 472 g/mol. The Morgan fingerprint density at radius 1 is 1.11 bits per heavy atom. The molecule has 1 amide bonds. The molecular formula is C26H28N8OS. The molecule has 5 heterocycles. The molecule has 0 aliphatic heterocycles. The van der Waals surface area contributed by atoms with Gasteiger partial charge in [-0.05, 0) is 55.7 Å². The van der Waals surface area contributed by atoms with E-state index in [0.717, 1.165) is 29.2 Å². The van der Waals surface area contributed by atoms with Gasteiger partial charge in [-0.1, -0.05) is 19.9 Å². The standard InChI is InChI=1S/C26H28N8OS/c1-4-33(5-2)17(3)15-27-26(35)18-13-22(30-23(14-18)20-8-10-28-32-20)19-16-29-34-11-9-21(31-25(19)34)24-7-6-12-36-24/h6-14,16-17H,4-5,15H2,1-3H3,(H,27,35)(H,28,32)/t17-/m0/s1. The van der Waals surface area contributed by atoms with Crippen LogP contribution in [-0.2, 0) is 0 Å². The third-order valence-corrected chi connectivity index (χ3v) is 7.16. The number of pyridine rings is 1. The highest BCUT2D eigenvalue weighted by Gasteiger charge is 2.18. The van der Waals surface area contributed by atoms with E-state index in [9.17, 15) is 4.79 Å². The van der Waals surface area contributed by atoms with Crippen molar-refractivity contribution in [3.8, 4) is 33.2 Å². The van der Waals surface area contributed by atoms with E-state index in [1.807, 2.05) is 35.8 Å². The van der Waals surface area contributed by atoms with Crippen LogP contribution in [-0.4, -0.2) is 66.3 Å². The van der Waals surface area contributed by atoms with Gasteiger partial charge in [-0.3, -0.25) is 14.8 Å². The molecule has 0 saturated carbocycles. The maximum Gasteiger partial charge on any atom is 0.251 e. The Labute approximate surface area is 213 Å². The van der Waals surface area contributed by atoms with Crippen LogP contribution in [0, 0.1) is 0 Å². The van der Waals surface area contributed by atoms with Gasteiger partial charge < -0.3 is 5.32 Å². The minimum absolute atomic E-state index is 0.154. The van der Waals surface area contributed by atoms with E-state index >= 15 is 0 Å². The monoisotopic (exact) mass is 500 g/mol. The second-order valence-corrected chi connectivity index (χ2v) is 9.43. The molecule has 0 aromatic carbocycles. The molecule has 5 rings (SSSR count). The van der Waals surface area contributed by atoms with Crippen molar-refractivity contribution in [3.05, 3.63) is 65.9 Å². The van der Waals surface area contributed by atoms with Gasteiger partial charge in [0.1, 0.15) is 5.69 Å². The number of H-pyrrole nitrogens is 1. The van der Waals surface area contributed by atoms with Gasteiger partial charge in [-0.2, -0.15) is 10.2 Å². The molecule has 0 aliphatic carbocycles. The van der Waals surface area contributed by atoms with Gasteiger partial charge in [-0.15, -0.1) is 11.3 Å². The van der Waals surface area contributed by atoms with E-state index in [0.29, 0.717) is 34.8 Å². The number of rotatable bonds is 9. The second-order valence-electron chi connectivity index (χ2n) is 8.48. The maximum absolute atomic E-state index is 13.2. The molecule has 0 radical (unpaired) electrons. The first kappa shape index (κ1) is 23.8. The molecule has 184 valence electrons. The summed E-state index contributed by atoms with van der Waals surface area (Å²) < 4.78 is 1.72. The van der Waals surface area contributed by atoms with Crippen LogP contribution >= 0.6 is 11.3 Å². The van der Waals surface area contributed by atoms with E-state index in [4.69, 9.17) is 9.97 Å². The lowest BCUT2D eigenvalue weighted by molar-refractivity contribution is 0.0938. The van der Waals surface area contributed by atoms with E-state index < -0.39 is 0 Å². The summed E-state index contributed by atoms with van der Waals surface area (Å²) in [5.74, 6) is -0.154. The predicted octanol–water partition coefficient (Wildman–Crippen LogP) is 4.37. The quantitative estimate of drug-likeness (QED) is 0.311. The van der Waals surface area contributed by atoms with Crippen molar-refractivity contribution in [2.75, 3.05) is 19.6 Å². The molecule has 9 nitrogen and oxygen atoms in total. The summed E-state index contributed by atoms with van der Waals surface area (Å²) in [4.78, 5) is 26.3. The molecule has 0 saturated heterocycles. The van der Waals surface area contributed by atoms with Gasteiger partial charge in [0.2, 0.25) is 0 Å². The number of likely N-dealkylation sites (N-methyl/N-ethyl adjacent to an activating group) is 1. The number of aromatic nitrogens is 6. The number of amides is 1. The summed E-state index contributed by atoms with van der Waals surface area (Å²) >= 11 is 1.63. The molecule has 0 aliphatic rings. The normalized spacial score (nSPS) is 12.3. The van der Waals surface area contributed by atoms with Gasteiger partial charge in [0, 0.05) is 30.5 Å². The highest BCUT2D eigenvalue weighted by Crippen LogP contribution is 2.29. The zero-order valence-electron chi connectivity index (χ0n) is 20.5. The number of nitrogens with one attached hydrogen (secondary N) is 2. The average Bonchev–Trinajstić information content (AvgIpc) is 3.69. The number of fused-ring (bicyclic) bond motifs is 1. The van der Waals surface area contributed by atoms with E-state index in [-0.39, 0.29) is 11.9 Å². The summed E-state index contributed by atoms with van der Waals surface area (Å²) in [7, 11) is 0. The van der Waals surface area contributed by atoms with E-state index in [1.54, 1.807) is 40.4 Å². The summed E-state index contributed by atoms with van der Waals surface area (Å²) in [6.45, 7) is 8.80. The number of carbonyl (C=O) groups is 1. The molecule has 0 fully saturated rings. The summed E-state index contributed by atoms with van der Waals surface area (Å²) in [5, 5.41) is 16.7. The van der Waals surface area contributed by atoms with Gasteiger partial charge in [-0.25, -0.2) is 14.5 Å². The minimum atomic E-state index is -0.154. The van der Waals surface area contributed by atoms with Crippen LogP contribution in [0.3, 0.4) is 0 Å². The van der Waals surface area contributed by atoms with Crippen LogP contribution < -0.4 is 5.32 Å². The Balaban J connectivity index is 1.53. The summed E-state index contributed by atoms with van der Waals surface area (Å²) in [6.07, 6.45) is 5.36. The van der Waals surface area contributed by atoms with E-state index in [1.165, 1.54) is 0 Å². The number of aromatic amines is 1. The number of nitrogens with zero attached hydrogens (tertiary/aromatic N) is 6. The largest absolute Gasteiger partial charge is 0.350 e. The number of hydrogen-bond acceptors (Lipinski definition) is 7. The third-order valence-electron chi connectivity index (χ3n) is 6.26. The van der Waals surface area contributed by atoms with Crippen molar-refractivity contribution in [3.63, 3.8) is 0 Å². The van der Waals surface area contributed by atoms with Crippen LogP contribution in [0.15, 0.2) is 60.4 Å². The lowest BCUT2D eigenvalue weighted by atomic mass is 10.1.